The highest BCUT2D eigenvalue weighted by molar-refractivity contribution is 4.59. The van der Waals surface area contributed by atoms with Crippen LogP contribution in [0.4, 0.5) is 0 Å². The summed E-state index contributed by atoms with van der Waals surface area (Å²) < 4.78 is 0. The fourth-order valence-corrected chi connectivity index (χ4v) is 2.37. The molecule has 0 heterocycles. The second-order valence-electron chi connectivity index (χ2n) is 5.46. The molecule has 0 rings (SSSR count). The van der Waals surface area contributed by atoms with E-state index in [0.717, 1.165) is 12.8 Å². The minimum atomic E-state index is 0.217. The van der Waals surface area contributed by atoms with Gasteiger partial charge in [0.05, 0.1) is 0 Å². The summed E-state index contributed by atoms with van der Waals surface area (Å²) >= 11 is 0. The van der Waals surface area contributed by atoms with Crippen LogP contribution in [0.5, 0.6) is 0 Å². The van der Waals surface area contributed by atoms with Crippen LogP contribution in [0.25, 0.3) is 0 Å². The largest absolute Gasteiger partial charge is 0.255 e. The number of hydrogen-bond acceptors (Lipinski definition) is 0. The van der Waals surface area contributed by atoms with Gasteiger partial charge in [0.15, 0.2) is 0 Å². The molecule has 0 aromatic heterocycles. The van der Waals surface area contributed by atoms with Crippen LogP contribution < -0.4 is 5.73 Å². The Balaban J connectivity index is 2.98. The van der Waals surface area contributed by atoms with Gasteiger partial charge < -0.3 is 0 Å². The van der Waals surface area contributed by atoms with Crippen molar-refractivity contribution in [2.45, 2.75) is 103 Å². The lowest BCUT2D eigenvalue weighted by Gasteiger charge is -2.08. The Bertz CT molecular complexity index is 133. The van der Waals surface area contributed by atoms with E-state index in [1.54, 1.807) is 0 Å². The normalized spacial score (nSPS) is 12.9. The van der Waals surface area contributed by atoms with E-state index in [0.29, 0.717) is 0 Å². The SMILES string of the molecule is CCCCCCCCCCCCC([NH])CCC. The molecule has 1 nitrogen and oxygen atoms in total. The topological polar surface area (TPSA) is 23.8 Å². The lowest BCUT2D eigenvalue weighted by Crippen LogP contribution is -2.07. The van der Waals surface area contributed by atoms with Gasteiger partial charge in [0.2, 0.25) is 0 Å². The van der Waals surface area contributed by atoms with Crippen LogP contribution in [0, 0.1) is 0 Å². The summed E-state index contributed by atoms with van der Waals surface area (Å²) in [5.74, 6) is 0. The molecule has 0 bridgehead atoms. The average Bonchev–Trinajstić information content (AvgIpc) is 2.32. The number of nitrogens with one attached hydrogen (secondary N) is 1. The first-order valence-corrected chi connectivity index (χ1v) is 8.02. The van der Waals surface area contributed by atoms with Crippen molar-refractivity contribution in [3.8, 4) is 0 Å². The van der Waals surface area contributed by atoms with Crippen LogP contribution in [0.2, 0.25) is 0 Å². The molecule has 0 aliphatic rings. The third-order valence-electron chi connectivity index (χ3n) is 3.54. The third-order valence-corrected chi connectivity index (χ3v) is 3.54. The monoisotopic (exact) mass is 240 g/mol. The van der Waals surface area contributed by atoms with Crippen LogP contribution in [0.1, 0.15) is 97.3 Å². The fourth-order valence-electron chi connectivity index (χ4n) is 2.37. The summed E-state index contributed by atoms with van der Waals surface area (Å²) in [6, 6.07) is 0.217. The van der Waals surface area contributed by atoms with Gasteiger partial charge in [-0.3, -0.25) is 5.73 Å². The molecule has 0 aliphatic carbocycles. The second-order valence-corrected chi connectivity index (χ2v) is 5.46. The Morgan fingerprint density at radius 1 is 0.588 bits per heavy atom. The number of hydrogen-bond donors (Lipinski definition) is 0. The lowest BCUT2D eigenvalue weighted by atomic mass is 10.0. The van der Waals surface area contributed by atoms with Crippen molar-refractivity contribution in [2.75, 3.05) is 0 Å². The second kappa shape index (κ2) is 14.0. The van der Waals surface area contributed by atoms with E-state index in [1.165, 1.54) is 70.6 Å². The molecule has 103 valence electrons. The quantitative estimate of drug-likeness (QED) is 0.366. The fraction of sp³-hybridized carbons (Fsp3) is 1.00. The van der Waals surface area contributed by atoms with Crippen molar-refractivity contribution < 1.29 is 0 Å². The highest BCUT2D eigenvalue weighted by Crippen LogP contribution is 2.12. The Hall–Kier alpha value is -0.0400. The van der Waals surface area contributed by atoms with Crippen molar-refractivity contribution in [1.82, 2.24) is 5.73 Å². The molecule has 17 heavy (non-hydrogen) atoms. The van der Waals surface area contributed by atoms with Crippen LogP contribution in [0.3, 0.4) is 0 Å². The predicted molar refractivity (Wildman–Crippen MR) is 78.3 cm³/mol. The van der Waals surface area contributed by atoms with E-state index >= 15 is 0 Å². The molecule has 1 N–H and O–H groups in total. The molecule has 0 aromatic rings. The zero-order chi connectivity index (χ0) is 12.8. The minimum Gasteiger partial charge on any atom is -0.255 e. The van der Waals surface area contributed by atoms with Gasteiger partial charge in [0, 0.05) is 6.04 Å². The zero-order valence-corrected chi connectivity index (χ0v) is 12.3. The summed E-state index contributed by atoms with van der Waals surface area (Å²) in [7, 11) is 0. The molecule has 0 saturated carbocycles. The van der Waals surface area contributed by atoms with Crippen molar-refractivity contribution in [3.05, 3.63) is 0 Å². The molecule has 0 amide bonds. The summed E-state index contributed by atoms with van der Waals surface area (Å²) in [6.07, 6.45) is 17.4. The molecular weight excluding hydrogens is 206 g/mol. The van der Waals surface area contributed by atoms with Gasteiger partial charge in [-0.1, -0.05) is 84.5 Å². The molecule has 0 spiro atoms. The molecule has 0 aliphatic heterocycles. The van der Waals surface area contributed by atoms with E-state index in [1.807, 2.05) is 0 Å². The van der Waals surface area contributed by atoms with E-state index in [4.69, 9.17) is 5.73 Å². The maximum absolute atomic E-state index is 7.78. The summed E-state index contributed by atoms with van der Waals surface area (Å²) in [6.45, 7) is 4.46. The van der Waals surface area contributed by atoms with Gasteiger partial charge in [-0.05, 0) is 12.8 Å². The van der Waals surface area contributed by atoms with Gasteiger partial charge >= 0.3 is 0 Å². The Morgan fingerprint density at radius 2 is 1.06 bits per heavy atom. The molecule has 0 fully saturated rings. The molecule has 1 atom stereocenters. The van der Waals surface area contributed by atoms with Gasteiger partial charge in [0.25, 0.3) is 0 Å². The highest BCUT2D eigenvalue weighted by Gasteiger charge is 2.00. The van der Waals surface area contributed by atoms with Crippen molar-refractivity contribution >= 4 is 0 Å². The molecule has 1 unspecified atom stereocenters. The highest BCUT2D eigenvalue weighted by atomic mass is 14.6. The average molecular weight is 240 g/mol. The smallest absolute Gasteiger partial charge is 0.0212 e. The Kier molecular flexibility index (Phi) is 14.0. The molecule has 1 radical (unpaired) electrons. The Morgan fingerprint density at radius 3 is 1.53 bits per heavy atom. The van der Waals surface area contributed by atoms with E-state index < -0.39 is 0 Å². The van der Waals surface area contributed by atoms with E-state index in [-0.39, 0.29) is 6.04 Å². The van der Waals surface area contributed by atoms with Crippen molar-refractivity contribution in [1.29, 1.82) is 0 Å². The minimum absolute atomic E-state index is 0.217. The van der Waals surface area contributed by atoms with Gasteiger partial charge in [0.1, 0.15) is 0 Å². The predicted octanol–water partition coefficient (Wildman–Crippen LogP) is 5.75. The van der Waals surface area contributed by atoms with Gasteiger partial charge in [-0.25, -0.2) is 0 Å². The number of unbranched alkanes of at least 4 members (excludes halogenated alkanes) is 9. The summed E-state index contributed by atoms with van der Waals surface area (Å²) in [5, 5.41) is 0. The maximum atomic E-state index is 7.78. The standard InChI is InChI=1S/C16H34N/c1-3-5-6-7-8-9-10-11-12-13-15-16(17)14-4-2/h16-17H,3-15H2,1-2H3. The van der Waals surface area contributed by atoms with Gasteiger partial charge in [-0.15, -0.1) is 0 Å². The third kappa shape index (κ3) is 13.9. The Labute approximate surface area is 110 Å². The molecule has 1 heteroatoms. The first-order chi connectivity index (χ1) is 8.31. The van der Waals surface area contributed by atoms with E-state index in [2.05, 4.69) is 13.8 Å². The van der Waals surface area contributed by atoms with Gasteiger partial charge in [-0.2, -0.15) is 0 Å². The summed E-state index contributed by atoms with van der Waals surface area (Å²) in [4.78, 5) is 0. The van der Waals surface area contributed by atoms with Crippen molar-refractivity contribution in [3.63, 3.8) is 0 Å². The first kappa shape index (κ1) is 17.0. The van der Waals surface area contributed by atoms with E-state index in [9.17, 15) is 0 Å². The number of rotatable bonds is 13. The summed E-state index contributed by atoms with van der Waals surface area (Å²) in [5.41, 5.74) is 7.78. The molecular formula is C16H34N. The first-order valence-electron chi connectivity index (χ1n) is 8.02. The lowest BCUT2D eigenvalue weighted by molar-refractivity contribution is 0.494. The van der Waals surface area contributed by atoms with Crippen LogP contribution >= 0.6 is 0 Å². The van der Waals surface area contributed by atoms with Crippen LogP contribution in [0.15, 0.2) is 0 Å². The molecule has 0 aromatic carbocycles. The molecule has 0 saturated heterocycles. The van der Waals surface area contributed by atoms with Crippen molar-refractivity contribution in [2.24, 2.45) is 0 Å². The maximum Gasteiger partial charge on any atom is 0.0212 e. The van der Waals surface area contributed by atoms with Crippen LogP contribution in [-0.2, 0) is 0 Å². The van der Waals surface area contributed by atoms with Crippen LogP contribution in [-0.4, -0.2) is 6.04 Å². The zero-order valence-electron chi connectivity index (χ0n) is 12.3.